The van der Waals surface area contributed by atoms with Gasteiger partial charge in [-0.15, -0.1) is 6.42 Å². The van der Waals surface area contributed by atoms with Crippen molar-refractivity contribution in [1.29, 1.82) is 0 Å². The standard InChI is InChI=1S/C4H5O2.Re/c5-4-2-1-3-6-4;/h3H,1-2H2;/q-1;. The molecule has 41 valence electrons. The van der Waals surface area contributed by atoms with Crippen LogP contribution in [0.5, 0.6) is 0 Å². The van der Waals surface area contributed by atoms with Gasteiger partial charge in [-0.3, -0.25) is 4.79 Å². The Morgan fingerprint density at radius 2 is 2.43 bits per heavy atom. The van der Waals surface area contributed by atoms with Crippen LogP contribution >= 0.6 is 0 Å². The summed E-state index contributed by atoms with van der Waals surface area (Å²) >= 11 is 0. The fraction of sp³-hybridized carbons (Fsp3) is 0.500. The summed E-state index contributed by atoms with van der Waals surface area (Å²) in [5.41, 5.74) is 0. The number of hydrogen-bond donors (Lipinski definition) is 0. The van der Waals surface area contributed by atoms with Gasteiger partial charge in [0.1, 0.15) is 0 Å². The molecule has 0 aromatic heterocycles. The van der Waals surface area contributed by atoms with Gasteiger partial charge in [0.25, 0.3) is 5.97 Å². The van der Waals surface area contributed by atoms with Crippen LogP contribution in [0.2, 0.25) is 0 Å². The van der Waals surface area contributed by atoms with Crippen LogP contribution in [0, 0.1) is 6.61 Å². The van der Waals surface area contributed by atoms with Gasteiger partial charge in [-0.1, -0.05) is 0 Å². The number of ether oxygens (including phenoxy) is 1. The summed E-state index contributed by atoms with van der Waals surface area (Å²) in [6.07, 6.45) is 1.36. The Morgan fingerprint density at radius 3 is 2.57 bits per heavy atom. The zero-order valence-electron chi connectivity index (χ0n) is 3.69. The molecule has 0 atom stereocenters. The van der Waals surface area contributed by atoms with Gasteiger partial charge in [-0.25, -0.2) is 0 Å². The molecule has 0 bridgehead atoms. The molecule has 0 N–H and O–H groups in total. The van der Waals surface area contributed by atoms with E-state index in [9.17, 15) is 4.79 Å². The molecule has 1 aliphatic heterocycles. The van der Waals surface area contributed by atoms with E-state index in [-0.39, 0.29) is 26.4 Å². The molecule has 1 rings (SSSR count). The van der Waals surface area contributed by atoms with E-state index in [1.165, 1.54) is 6.61 Å². The average molecular weight is 271 g/mol. The van der Waals surface area contributed by atoms with Gasteiger partial charge in [0.2, 0.25) is 0 Å². The van der Waals surface area contributed by atoms with Crippen molar-refractivity contribution in [3.8, 4) is 0 Å². The molecule has 1 aliphatic rings. The second-order valence-electron chi connectivity index (χ2n) is 1.20. The quantitative estimate of drug-likeness (QED) is 0.473. The Balaban J connectivity index is 0.000000360. The van der Waals surface area contributed by atoms with E-state index in [1.807, 2.05) is 0 Å². The van der Waals surface area contributed by atoms with Crippen LogP contribution in [-0.4, -0.2) is 5.97 Å². The van der Waals surface area contributed by atoms with Gasteiger partial charge in [0.05, 0.1) is 0 Å². The first kappa shape index (κ1) is 7.13. The summed E-state index contributed by atoms with van der Waals surface area (Å²) in [6, 6.07) is 0. The minimum atomic E-state index is -0.102. The Labute approximate surface area is 55.9 Å². The minimum Gasteiger partial charge on any atom is -0.637 e. The molecule has 1 fully saturated rings. The predicted molar refractivity (Wildman–Crippen MR) is 19.6 cm³/mol. The first-order valence-electron chi connectivity index (χ1n) is 1.91. The normalized spacial score (nSPS) is 18.0. The maximum atomic E-state index is 9.99. The molecular formula is C4H5O2Re-. The molecule has 1 saturated heterocycles. The van der Waals surface area contributed by atoms with Gasteiger partial charge in [0, 0.05) is 26.8 Å². The number of esters is 1. The maximum absolute atomic E-state index is 9.99. The number of hydrogen-bond acceptors (Lipinski definition) is 2. The third-order valence-electron chi connectivity index (χ3n) is 0.681. The largest absolute Gasteiger partial charge is 0.637 e. The van der Waals surface area contributed by atoms with Crippen molar-refractivity contribution in [3.05, 3.63) is 6.61 Å². The summed E-state index contributed by atoms with van der Waals surface area (Å²) in [6.45, 7) is 1.53. The molecule has 0 unspecified atom stereocenters. The molecule has 3 heteroatoms. The van der Waals surface area contributed by atoms with Crippen molar-refractivity contribution in [3.63, 3.8) is 0 Å². The van der Waals surface area contributed by atoms with E-state index in [0.717, 1.165) is 6.42 Å². The first-order chi connectivity index (χ1) is 2.89. The predicted octanol–water partition coefficient (Wildman–Crippen LogP) is 0.483. The van der Waals surface area contributed by atoms with Crippen molar-refractivity contribution >= 4 is 5.97 Å². The Kier molecular flexibility index (Phi) is 3.24. The van der Waals surface area contributed by atoms with Crippen LogP contribution in [0.1, 0.15) is 12.8 Å². The minimum absolute atomic E-state index is 0. The molecule has 0 saturated carbocycles. The Morgan fingerprint density at radius 1 is 1.71 bits per heavy atom. The number of carbonyl (C=O) groups excluding carboxylic acids is 1. The molecule has 0 spiro atoms. The van der Waals surface area contributed by atoms with Crippen molar-refractivity contribution in [2.24, 2.45) is 0 Å². The van der Waals surface area contributed by atoms with Gasteiger partial charge >= 0.3 is 0 Å². The van der Waals surface area contributed by atoms with Crippen LogP contribution in [0.4, 0.5) is 0 Å². The van der Waals surface area contributed by atoms with Crippen molar-refractivity contribution < 1.29 is 30.0 Å². The Bertz CT molecular complexity index is 64.1. The topological polar surface area (TPSA) is 26.3 Å². The maximum Gasteiger partial charge on any atom is 0.271 e. The van der Waals surface area contributed by atoms with E-state index in [2.05, 4.69) is 4.74 Å². The molecule has 7 heavy (non-hydrogen) atoms. The monoisotopic (exact) mass is 272 g/mol. The molecular weight excluding hydrogens is 266 g/mol. The second-order valence-corrected chi connectivity index (χ2v) is 1.20. The summed E-state index contributed by atoms with van der Waals surface area (Å²) in [4.78, 5) is 9.99. The SMILES string of the molecule is O=C1CC[CH-]O1.[Re]. The smallest absolute Gasteiger partial charge is 0.271 e. The third kappa shape index (κ3) is 2.06. The van der Waals surface area contributed by atoms with Crippen molar-refractivity contribution in [2.45, 2.75) is 12.8 Å². The number of carbonyl (C=O) groups is 1. The molecule has 1 heterocycles. The van der Waals surface area contributed by atoms with Gasteiger partial charge in [-0.2, -0.15) is 6.61 Å². The average Bonchev–Trinajstić information content (AvgIpc) is 1.86. The molecule has 0 aromatic rings. The first-order valence-corrected chi connectivity index (χ1v) is 1.91. The molecule has 0 amide bonds. The molecule has 0 aliphatic carbocycles. The zero-order chi connectivity index (χ0) is 4.41. The van der Waals surface area contributed by atoms with E-state index < -0.39 is 0 Å². The molecule has 1 radical (unpaired) electrons. The second kappa shape index (κ2) is 3.18. The fourth-order valence-electron chi connectivity index (χ4n) is 0.388. The molecule has 0 aromatic carbocycles. The van der Waals surface area contributed by atoms with Crippen LogP contribution in [0.3, 0.4) is 0 Å². The van der Waals surface area contributed by atoms with E-state index in [0.29, 0.717) is 6.42 Å². The van der Waals surface area contributed by atoms with E-state index in [4.69, 9.17) is 0 Å². The summed E-state index contributed by atoms with van der Waals surface area (Å²) < 4.78 is 4.39. The van der Waals surface area contributed by atoms with Crippen molar-refractivity contribution in [2.75, 3.05) is 0 Å². The van der Waals surface area contributed by atoms with Gasteiger partial charge in [0.15, 0.2) is 0 Å². The van der Waals surface area contributed by atoms with Crippen LogP contribution in [0.25, 0.3) is 0 Å². The number of cyclic esters (lactones) is 1. The summed E-state index contributed by atoms with van der Waals surface area (Å²) in [5.74, 6) is -0.102. The fourth-order valence-corrected chi connectivity index (χ4v) is 0.388. The van der Waals surface area contributed by atoms with Crippen molar-refractivity contribution in [1.82, 2.24) is 0 Å². The summed E-state index contributed by atoms with van der Waals surface area (Å²) in [5, 5.41) is 0. The van der Waals surface area contributed by atoms with Crippen LogP contribution < -0.4 is 0 Å². The van der Waals surface area contributed by atoms with Crippen LogP contribution in [0.15, 0.2) is 0 Å². The molecule has 2 nitrogen and oxygen atoms in total. The van der Waals surface area contributed by atoms with E-state index in [1.54, 1.807) is 0 Å². The van der Waals surface area contributed by atoms with Gasteiger partial charge in [-0.05, 0) is 0 Å². The summed E-state index contributed by atoms with van der Waals surface area (Å²) in [7, 11) is 0. The number of rotatable bonds is 0. The zero-order valence-corrected chi connectivity index (χ0v) is 6.40. The van der Waals surface area contributed by atoms with Crippen LogP contribution in [-0.2, 0) is 30.0 Å². The third-order valence-corrected chi connectivity index (χ3v) is 0.681. The Hall–Kier alpha value is 0.132. The van der Waals surface area contributed by atoms with E-state index >= 15 is 0 Å². The van der Waals surface area contributed by atoms with Gasteiger partial charge < -0.3 is 4.74 Å².